The lowest BCUT2D eigenvalue weighted by Crippen LogP contribution is -2.33. The fourth-order valence-electron chi connectivity index (χ4n) is 2.09. The Hall–Kier alpha value is -2.09. The predicted molar refractivity (Wildman–Crippen MR) is 81.3 cm³/mol. The topological polar surface area (TPSA) is 51.1 Å². The number of nitrogens with zero attached hydrogens (tertiary/aromatic N) is 1. The van der Waals surface area contributed by atoms with Gasteiger partial charge in [-0.2, -0.15) is 13.2 Å². The lowest BCUT2D eigenvalue weighted by molar-refractivity contribution is -0.137. The monoisotopic (exact) mass is 344 g/mol. The number of hydrogen-bond donors (Lipinski definition) is 1. The van der Waals surface area contributed by atoms with E-state index in [1.165, 1.54) is 16.7 Å². The van der Waals surface area contributed by atoms with Gasteiger partial charge in [0.25, 0.3) is 0 Å². The summed E-state index contributed by atoms with van der Waals surface area (Å²) in [5, 5.41) is 4.25. The highest BCUT2D eigenvalue weighted by Gasteiger charge is 2.30. The molecule has 0 aliphatic carbocycles. The van der Waals surface area contributed by atoms with Gasteiger partial charge in [0.1, 0.15) is 6.54 Å². The van der Waals surface area contributed by atoms with Crippen molar-refractivity contribution in [3.63, 3.8) is 0 Å². The molecular formula is C15H15F3N2O2S. The molecule has 4 nitrogen and oxygen atoms in total. The maximum Gasteiger partial charge on any atom is 0.416 e. The van der Waals surface area contributed by atoms with Crippen molar-refractivity contribution in [2.24, 2.45) is 0 Å². The van der Waals surface area contributed by atoms with Crippen LogP contribution in [0.1, 0.15) is 29.8 Å². The average molecular weight is 344 g/mol. The third-order valence-corrected chi connectivity index (χ3v) is 4.25. The van der Waals surface area contributed by atoms with Gasteiger partial charge in [-0.05, 0) is 31.5 Å². The molecule has 0 saturated heterocycles. The summed E-state index contributed by atoms with van der Waals surface area (Å²) in [6, 6.07) is 4.20. The highest BCUT2D eigenvalue weighted by molar-refractivity contribution is 7.07. The Balaban J connectivity index is 2.08. The molecule has 1 atom stereocenters. The summed E-state index contributed by atoms with van der Waals surface area (Å²) in [6.45, 7) is 3.15. The summed E-state index contributed by atoms with van der Waals surface area (Å²) < 4.78 is 39.4. The normalized spacial score (nSPS) is 12.9. The first kappa shape index (κ1) is 17.3. The Bertz CT molecular complexity index is 765. The Morgan fingerprint density at radius 1 is 1.39 bits per heavy atom. The highest BCUT2D eigenvalue weighted by Crippen LogP contribution is 2.30. The largest absolute Gasteiger partial charge is 0.416 e. The summed E-state index contributed by atoms with van der Waals surface area (Å²) in [7, 11) is 0. The molecule has 1 N–H and O–H groups in total. The molecule has 0 fully saturated rings. The van der Waals surface area contributed by atoms with E-state index in [-0.39, 0.29) is 11.4 Å². The van der Waals surface area contributed by atoms with Gasteiger partial charge in [-0.15, -0.1) is 0 Å². The second kappa shape index (κ2) is 6.57. The third-order valence-electron chi connectivity index (χ3n) is 3.37. The van der Waals surface area contributed by atoms with E-state index in [1.807, 2.05) is 0 Å². The van der Waals surface area contributed by atoms with Crippen LogP contribution in [0.5, 0.6) is 0 Å². The maximum absolute atomic E-state index is 12.7. The van der Waals surface area contributed by atoms with Crippen LogP contribution >= 0.6 is 11.3 Å². The van der Waals surface area contributed by atoms with Crippen LogP contribution < -0.4 is 10.2 Å². The van der Waals surface area contributed by atoms with E-state index in [4.69, 9.17) is 0 Å². The molecule has 124 valence electrons. The molecule has 0 bridgehead atoms. The van der Waals surface area contributed by atoms with Crippen molar-refractivity contribution >= 4 is 17.2 Å². The number of aromatic nitrogens is 1. The van der Waals surface area contributed by atoms with Crippen LogP contribution in [0.15, 0.2) is 34.4 Å². The smallest absolute Gasteiger partial charge is 0.348 e. The van der Waals surface area contributed by atoms with Crippen LogP contribution in [0.4, 0.5) is 13.2 Å². The number of thiazole rings is 1. The van der Waals surface area contributed by atoms with Gasteiger partial charge in [0.05, 0.1) is 11.6 Å². The second-order valence-electron chi connectivity index (χ2n) is 5.14. The van der Waals surface area contributed by atoms with Gasteiger partial charge >= 0.3 is 11.0 Å². The molecule has 0 spiro atoms. The van der Waals surface area contributed by atoms with Crippen molar-refractivity contribution in [2.75, 3.05) is 0 Å². The number of hydrogen-bond acceptors (Lipinski definition) is 3. The van der Waals surface area contributed by atoms with Crippen molar-refractivity contribution in [1.82, 2.24) is 9.88 Å². The fraction of sp³-hybridized carbons (Fsp3) is 0.333. The zero-order valence-corrected chi connectivity index (χ0v) is 13.3. The first-order valence-electron chi connectivity index (χ1n) is 6.80. The van der Waals surface area contributed by atoms with Gasteiger partial charge in [0, 0.05) is 11.1 Å². The molecular weight excluding hydrogens is 329 g/mol. The number of halogens is 3. The molecule has 2 rings (SSSR count). The van der Waals surface area contributed by atoms with E-state index in [1.54, 1.807) is 19.2 Å². The Morgan fingerprint density at radius 3 is 2.65 bits per heavy atom. The molecule has 1 amide bonds. The lowest BCUT2D eigenvalue weighted by atomic mass is 10.0. The zero-order valence-electron chi connectivity index (χ0n) is 12.5. The molecule has 23 heavy (non-hydrogen) atoms. The number of carbonyl (C=O) groups is 1. The van der Waals surface area contributed by atoms with Gasteiger partial charge in [0.2, 0.25) is 5.91 Å². The van der Waals surface area contributed by atoms with E-state index in [9.17, 15) is 22.8 Å². The summed E-state index contributed by atoms with van der Waals surface area (Å²) in [5.74, 6) is -0.432. The number of alkyl halides is 3. The Labute approximate surface area is 134 Å². The molecule has 0 aliphatic rings. The van der Waals surface area contributed by atoms with E-state index in [0.717, 1.165) is 23.5 Å². The summed E-state index contributed by atoms with van der Waals surface area (Å²) in [4.78, 5) is 23.3. The molecule has 0 unspecified atom stereocenters. The molecule has 1 aromatic carbocycles. The predicted octanol–water partition coefficient (Wildman–Crippen LogP) is 3.11. The van der Waals surface area contributed by atoms with E-state index in [2.05, 4.69) is 5.32 Å². The molecule has 1 aromatic heterocycles. The first-order valence-corrected chi connectivity index (χ1v) is 7.68. The van der Waals surface area contributed by atoms with E-state index < -0.39 is 23.7 Å². The number of amides is 1. The van der Waals surface area contributed by atoms with Gasteiger partial charge < -0.3 is 5.32 Å². The number of benzene rings is 1. The molecule has 0 saturated carbocycles. The van der Waals surface area contributed by atoms with Crippen LogP contribution in [-0.4, -0.2) is 10.5 Å². The van der Waals surface area contributed by atoms with Crippen LogP contribution in [0.25, 0.3) is 0 Å². The lowest BCUT2D eigenvalue weighted by Gasteiger charge is -2.16. The first-order chi connectivity index (χ1) is 10.7. The minimum Gasteiger partial charge on any atom is -0.348 e. The van der Waals surface area contributed by atoms with Crippen LogP contribution in [0.3, 0.4) is 0 Å². The Kier molecular flexibility index (Phi) is 4.93. The average Bonchev–Trinajstić information content (AvgIpc) is 2.78. The van der Waals surface area contributed by atoms with Crippen molar-refractivity contribution in [3.8, 4) is 0 Å². The summed E-state index contributed by atoms with van der Waals surface area (Å²) in [5.41, 5.74) is 0.255. The standard InChI is InChI=1S/C15H15F3N2O2S/c1-9-8-23-14(22)20(9)7-13(21)19-10(2)11-4-3-5-12(6-11)15(16,17)18/h3-6,8,10H,7H2,1-2H3,(H,19,21)/t10-/m0/s1. The number of aryl methyl sites for hydroxylation is 1. The van der Waals surface area contributed by atoms with Crippen molar-refractivity contribution in [2.45, 2.75) is 32.6 Å². The highest BCUT2D eigenvalue weighted by atomic mass is 32.1. The third kappa shape index (κ3) is 4.22. The fourth-order valence-corrected chi connectivity index (χ4v) is 2.83. The number of carbonyl (C=O) groups excluding carboxylic acids is 1. The van der Waals surface area contributed by atoms with Crippen molar-refractivity contribution in [3.05, 3.63) is 56.1 Å². The van der Waals surface area contributed by atoms with Gasteiger partial charge in [0.15, 0.2) is 0 Å². The Morgan fingerprint density at radius 2 is 2.09 bits per heavy atom. The SMILES string of the molecule is Cc1csc(=O)n1CC(=O)N[C@@H](C)c1cccc(C(F)(F)F)c1. The van der Waals surface area contributed by atoms with Crippen molar-refractivity contribution < 1.29 is 18.0 Å². The van der Waals surface area contributed by atoms with Gasteiger partial charge in [-0.25, -0.2) is 0 Å². The van der Waals surface area contributed by atoms with Crippen LogP contribution in [0, 0.1) is 6.92 Å². The molecule has 8 heteroatoms. The van der Waals surface area contributed by atoms with E-state index >= 15 is 0 Å². The number of rotatable bonds is 4. The molecule has 1 heterocycles. The number of nitrogens with one attached hydrogen (secondary N) is 1. The summed E-state index contributed by atoms with van der Waals surface area (Å²) >= 11 is 0.995. The summed E-state index contributed by atoms with van der Waals surface area (Å²) in [6.07, 6.45) is -4.43. The molecule has 0 radical (unpaired) electrons. The minimum absolute atomic E-state index is 0.155. The van der Waals surface area contributed by atoms with Crippen molar-refractivity contribution in [1.29, 1.82) is 0 Å². The minimum atomic E-state index is -4.43. The second-order valence-corrected chi connectivity index (χ2v) is 5.96. The van der Waals surface area contributed by atoms with Crippen LogP contribution in [-0.2, 0) is 17.5 Å². The zero-order chi connectivity index (χ0) is 17.2. The van der Waals surface area contributed by atoms with E-state index in [0.29, 0.717) is 11.3 Å². The van der Waals surface area contributed by atoms with Gasteiger partial charge in [-0.3, -0.25) is 14.2 Å². The maximum atomic E-state index is 12.7. The molecule has 0 aliphatic heterocycles. The molecule has 2 aromatic rings. The quantitative estimate of drug-likeness (QED) is 0.926. The van der Waals surface area contributed by atoms with Gasteiger partial charge in [-0.1, -0.05) is 23.5 Å². The van der Waals surface area contributed by atoms with Crippen LogP contribution in [0.2, 0.25) is 0 Å².